The van der Waals surface area contributed by atoms with E-state index >= 15 is 0 Å². The molecule has 32 heavy (non-hydrogen) atoms. The van der Waals surface area contributed by atoms with Gasteiger partial charge < -0.3 is 9.30 Å². The molecule has 0 saturated carbocycles. The third kappa shape index (κ3) is 3.97. The van der Waals surface area contributed by atoms with Gasteiger partial charge in [0.2, 0.25) is 0 Å². The van der Waals surface area contributed by atoms with E-state index in [0.717, 1.165) is 27.8 Å². The number of methoxy groups -OCH3 is 1. The molecule has 1 aromatic heterocycles. The van der Waals surface area contributed by atoms with Crippen molar-refractivity contribution in [2.45, 2.75) is 13.8 Å². The quantitative estimate of drug-likeness (QED) is 0.246. The van der Waals surface area contributed by atoms with Crippen molar-refractivity contribution in [3.05, 3.63) is 100 Å². The van der Waals surface area contributed by atoms with Gasteiger partial charge in [0.15, 0.2) is 11.6 Å². The molecule has 4 nitrogen and oxygen atoms in total. The predicted molar refractivity (Wildman–Crippen MR) is 129 cm³/mol. The highest BCUT2D eigenvalue weighted by Gasteiger charge is 2.22. The molecular formula is C27H22ClNO3. The Morgan fingerprint density at radius 1 is 1.00 bits per heavy atom. The molecule has 4 aromatic rings. The van der Waals surface area contributed by atoms with Crippen molar-refractivity contribution in [3.8, 4) is 11.4 Å². The van der Waals surface area contributed by atoms with Crippen LogP contribution in [0.3, 0.4) is 0 Å². The summed E-state index contributed by atoms with van der Waals surface area (Å²) in [7, 11) is 1.52. The normalized spacial score (nSPS) is 11.2. The highest BCUT2D eigenvalue weighted by atomic mass is 35.5. The van der Waals surface area contributed by atoms with E-state index < -0.39 is 0 Å². The molecule has 0 atom stereocenters. The number of Topliss-reactive ketones (excluding diaryl/α,β-unsaturated/α-hetero) is 1. The van der Waals surface area contributed by atoms with E-state index in [1.807, 2.05) is 54.0 Å². The van der Waals surface area contributed by atoms with Crippen LogP contribution in [0.15, 0.2) is 72.8 Å². The average Bonchev–Trinajstić information content (AvgIpc) is 3.08. The highest BCUT2D eigenvalue weighted by Crippen LogP contribution is 2.35. The maximum atomic E-state index is 13.1. The summed E-state index contributed by atoms with van der Waals surface area (Å²) in [4.78, 5) is 25.6. The predicted octanol–water partition coefficient (Wildman–Crippen LogP) is 6.70. The third-order valence-corrected chi connectivity index (χ3v) is 5.71. The summed E-state index contributed by atoms with van der Waals surface area (Å²) >= 11 is 6.07. The van der Waals surface area contributed by atoms with Gasteiger partial charge in [-0.05, 0) is 61.9 Å². The van der Waals surface area contributed by atoms with Crippen LogP contribution in [0.25, 0.3) is 22.7 Å². The number of fused-ring (bicyclic) bond motifs is 1. The van der Waals surface area contributed by atoms with Crippen molar-refractivity contribution in [2.24, 2.45) is 0 Å². The van der Waals surface area contributed by atoms with Crippen LogP contribution in [0.2, 0.25) is 5.02 Å². The number of halogens is 1. The molecule has 160 valence electrons. The van der Waals surface area contributed by atoms with Crippen molar-refractivity contribution in [2.75, 3.05) is 7.11 Å². The number of aromatic nitrogens is 1. The summed E-state index contributed by atoms with van der Waals surface area (Å²) in [5.41, 5.74) is 4.36. The standard InChI is InChI=1S/C27H22ClNO3/c1-17-27(18(2)30)22-16-26(32-3)23(25(31)14-9-19-7-5-4-6-8-19)15-24(22)29(17)21-12-10-20(28)11-13-21/h4-16H,1-3H3/b14-9+. The summed E-state index contributed by atoms with van der Waals surface area (Å²) in [6, 6.07) is 20.6. The molecule has 0 saturated heterocycles. The summed E-state index contributed by atoms with van der Waals surface area (Å²) in [5.74, 6) is 0.194. The van der Waals surface area contributed by atoms with Gasteiger partial charge in [0, 0.05) is 27.4 Å². The first-order valence-electron chi connectivity index (χ1n) is 10.2. The molecule has 5 heteroatoms. The molecule has 0 N–H and O–H groups in total. The second kappa shape index (κ2) is 8.85. The second-order valence-electron chi connectivity index (χ2n) is 7.51. The van der Waals surface area contributed by atoms with Crippen molar-refractivity contribution >= 4 is 40.1 Å². The zero-order chi connectivity index (χ0) is 22.8. The molecule has 0 unspecified atom stereocenters. The van der Waals surface area contributed by atoms with Gasteiger partial charge in [-0.25, -0.2) is 0 Å². The number of ether oxygens (including phenoxy) is 1. The van der Waals surface area contributed by atoms with E-state index in [-0.39, 0.29) is 11.6 Å². The summed E-state index contributed by atoms with van der Waals surface area (Å²) in [5, 5.41) is 1.36. The Hall–Kier alpha value is -3.63. The van der Waals surface area contributed by atoms with Gasteiger partial charge in [-0.2, -0.15) is 0 Å². The molecule has 0 aliphatic rings. The topological polar surface area (TPSA) is 48.3 Å². The summed E-state index contributed by atoms with van der Waals surface area (Å²) < 4.78 is 7.51. The Morgan fingerprint density at radius 3 is 2.31 bits per heavy atom. The lowest BCUT2D eigenvalue weighted by Crippen LogP contribution is -2.01. The number of ketones is 2. The minimum Gasteiger partial charge on any atom is -0.496 e. The summed E-state index contributed by atoms with van der Waals surface area (Å²) in [6.07, 6.45) is 3.31. The second-order valence-corrected chi connectivity index (χ2v) is 7.94. The number of hydrogen-bond acceptors (Lipinski definition) is 3. The zero-order valence-corrected chi connectivity index (χ0v) is 18.8. The van der Waals surface area contributed by atoms with Crippen LogP contribution in [0.4, 0.5) is 0 Å². The minimum atomic E-state index is -0.182. The van der Waals surface area contributed by atoms with Gasteiger partial charge in [0.25, 0.3) is 0 Å². The van der Waals surface area contributed by atoms with Gasteiger partial charge in [-0.15, -0.1) is 0 Å². The average molecular weight is 444 g/mol. The van der Waals surface area contributed by atoms with Crippen LogP contribution in [-0.4, -0.2) is 23.2 Å². The van der Waals surface area contributed by atoms with E-state index in [1.54, 1.807) is 37.3 Å². The molecule has 0 bridgehead atoms. The lowest BCUT2D eigenvalue weighted by atomic mass is 10.0. The Kier molecular flexibility index (Phi) is 5.97. The molecular weight excluding hydrogens is 422 g/mol. The Bertz CT molecular complexity index is 1350. The smallest absolute Gasteiger partial charge is 0.189 e. The monoisotopic (exact) mass is 443 g/mol. The number of carbonyl (C=O) groups excluding carboxylic acids is 2. The minimum absolute atomic E-state index is 0.0506. The van der Waals surface area contributed by atoms with E-state index in [1.165, 1.54) is 13.2 Å². The van der Waals surface area contributed by atoms with Crippen LogP contribution in [0.5, 0.6) is 5.75 Å². The number of rotatable bonds is 6. The molecule has 0 aliphatic carbocycles. The third-order valence-electron chi connectivity index (χ3n) is 5.45. The van der Waals surface area contributed by atoms with Crippen LogP contribution in [0, 0.1) is 6.92 Å². The lowest BCUT2D eigenvalue weighted by molar-refractivity contribution is 0.101. The number of allylic oxidation sites excluding steroid dienone is 1. The van der Waals surface area contributed by atoms with Gasteiger partial charge in [-0.3, -0.25) is 9.59 Å². The van der Waals surface area contributed by atoms with Gasteiger partial charge in [0.1, 0.15) is 5.75 Å². The van der Waals surface area contributed by atoms with Gasteiger partial charge in [0.05, 0.1) is 18.2 Å². The van der Waals surface area contributed by atoms with Crippen LogP contribution >= 0.6 is 11.6 Å². The first-order chi connectivity index (χ1) is 15.4. The maximum Gasteiger partial charge on any atom is 0.189 e. The molecule has 0 amide bonds. The molecule has 0 aliphatic heterocycles. The van der Waals surface area contributed by atoms with Crippen molar-refractivity contribution in [3.63, 3.8) is 0 Å². The number of carbonyl (C=O) groups is 2. The van der Waals surface area contributed by atoms with E-state index in [9.17, 15) is 9.59 Å². The van der Waals surface area contributed by atoms with Gasteiger partial charge >= 0.3 is 0 Å². The fraction of sp³-hybridized carbons (Fsp3) is 0.111. The Morgan fingerprint density at radius 2 is 1.69 bits per heavy atom. The maximum absolute atomic E-state index is 13.1. The van der Waals surface area contributed by atoms with Crippen molar-refractivity contribution in [1.29, 1.82) is 0 Å². The fourth-order valence-corrected chi connectivity index (χ4v) is 4.12. The molecule has 0 fully saturated rings. The molecule has 1 heterocycles. The number of benzene rings is 3. The van der Waals surface area contributed by atoms with Crippen LogP contribution in [-0.2, 0) is 0 Å². The molecule has 0 radical (unpaired) electrons. The number of hydrogen-bond donors (Lipinski definition) is 0. The SMILES string of the molecule is COc1cc2c(C(C)=O)c(C)n(-c3ccc(Cl)cc3)c2cc1C(=O)/C=C/c1ccccc1. The Balaban J connectivity index is 1.92. The lowest BCUT2D eigenvalue weighted by Gasteiger charge is -2.11. The summed E-state index contributed by atoms with van der Waals surface area (Å²) in [6.45, 7) is 3.44. The van der Waals surface area contributed by atoms with E-state index in [2.05, 4.69) is 0 Å². The first-order valence-corrected chi connectivity index (χ1v) is 10.6. The zero-order valence-electron chi connectivity index (χ0n) is 18.1. The van der Waals surface area contributed by atoms with E-state index in [4.69, 9.17) is 16.3 Å². The molecule has 3 aromatic carbocycles. The Labute approximate surface area is 191 Å². The van der Waals surface area contributed by atoms with Crippen LogP contribution < -0.4 is 4.74 Å². The van der Waals surface area contributed by atoms with Crippen LogP contribution in [0.1, 0.15) is 38.9 Å². The molecule has 0 spiro atoms. The highest BCUT2D eigenvalue weighted by molar-refractivity contribution is 6.30. The number of nitrogens with zero attached hydrogens (tertiary/aromatic N) is 1. The van der Waals surface area contributed by atoms with Crippen molar-refractivity contribution in [1.82, 2.24) is 4.57 Å². The van der Waals surface area contributed by atoms with Gasteiger partial charge in [-0.1, -0.05) is 48.0 Å². The van der Waals surface area contributed by atoms with E-state index in [0.29, 0.717) is 21.9 Å². The fourth-order valence-electron chi connectivity index (χ4n) is 4.00. The molecule has 4 rings (SSSR count). The largest absolute Gasteiger partial charge is 0.496 e. The van der Waals surface area contributed by atoms with Crippen molar-refractivity contribution < 1.29 is 14.3 Å². The first kappa shape index (κ1) is 21.6.